The van der Waals surface area contributed by atoms with Crippen molar-refractivity contribution in [1.29, 1.82) is 0 Å². The highest BCUT2D eigenvalue weighted by Crippen LogP contribution is 2.42. The Morgan fingerprint density at radius 1 is 0.711 bits per heavy atom. The molecule has 0 fully saturated rings. The molecule has 196 valence electrons. The SMILES string of the molecule is COC(=O)C1=C(C)N(CCOC(c2ccccc2)c2ccccc2)C(C)=C(C(=O)OC)C1c1ccccc1. The molecule has 0 atom stereocenters. The van der Waals surface area contributed by atoms with E-state index >= 15 is 0 Å². The number of nitrogens with zero attached hydrogens (tertiary/aromatic N) is 1. The van der Waals surface area contributed by atoms with Gasteiger partial charge >= 0.3 is 11.9 Å². The van der Waals surface area contributed by atoms with E-state index in [9.17, 15) is 9.59 Å². The maximum Gasteiger partial charge on any atom is 0.336 e. The highest BCUT2D eigenvalue weighted by molar-refractivity contribution is 5.99. The van der Waals surface area contributed by atoms with Gasteiger partial charge in [-0.1, -0.05) is 91.0 Å². The zero-order valence-electron chi connectivity index (χ0n) is 22.2. The van der Waals surface area contributed by atoms with Gasteiger partial charge < -0.3 is 19.1 Å². The third kappa shape index (κ3) is 5.55. The van der Waals surface area contributed by atoms with E-state index in [4.69, 9.17) is 14.2 Å². The summed E-state index contributed by atoms with van der Waals surface area (Å²) >= 11 is 0. The fourth-order valence-electron chi connectivity index (χ4n) is 5.07. The molecule has 0 amide bonds. The van der Waals surface area contributed by atoms with Crippen molar-refractivity contribution < 1.29 is 23.8 Å². The summed E-state index contributed by atoms with van der Waals surface area (Å²) in [5.74, 6) is -1.57. The Morgan fingerprint density at radius 3 is 1.55 bits per heavy atom. The number of hydrogen-bond donors (Lipinski definition) is 0. The number of carbonyl (C=O) groups excluding carboxylic acids is 2. The van der Waals surface area contributed by atoms with Crippen molar-refractivity contribution in [3.8, 4) is 0 Å². The summed E-state index contributed by atoms with van der Waals surface area (Å²) in [5.41, 5.74) is 5.17. The minimum atomic E-state index is -0.602. The van der Waals surface area contributed by atoms with Crippen molar-refractivity contribution in [2.75, 3.05) is 27.4 Å². The number of carbonyl (C=O) groups is 2. The van der Waals surface area contributed by atoms with Crippen LogP contribution < -0.4 is 0 Å². The second kappa shape index (κ2) is 12.4. The quantitative estimate of drug-likeness (QED) is 0.339. The molecule has 38 heavy (non-hydrogen) atoms. The summed E-state index contributed by atoms with van der Waals surface area (Å²) in [6, 6.07) is 29.6. The van der Waals surface area contributed by atoms with Crippen LogP contribution in [0.1, 0.15) is 42.6 Å². The van der Waals surface area contributed by atoms with Gasteiger partial charge in [0.15, 0.2) is 0 Å². The average Bonchev–Trinajstić information content (AvgIpc) is 2.97. The van der Waals surface area contributed by atoms with Crippen molar-refractivity contribution in [1.82, 2.24) is 4.90 Å². The third-order valence-corrected chi connectivity index (χ3v) is 6.91. The Labute approximate surface area is 224 Å². The standard InChI is InChI=1S/C32H33NO5/c1-22-27(31(34)36-3)29(24-14-8-5-9-15-24)28(32(35)37-4)23(2)33(22)20-21-38-30(25-16-10-6-11-17-25)26-18-12-7-13-19-26/h5-19,29-30H,20-21H2,1-4H3. The van der Waals surface area contributed by atoms with Crippen LogP contribution in [0.25, 0.3) is 0 Å². The van der Waals surface area contributed by atoms with Crippen molar-refractivity contribution >= 4 is 11.9 Å². The van der Waals surface area contributed by atoms with Gasteiger partial charge in [0.05, 0.1) is 37.9 Å². The second-order valence-electron chi connectivity index (χ2n) is 9.05. The number of benzene rings is 3. The number of rotatable bonds is 9. The molecule has 0 aliphatic carbocycles. The number of allylic oxidation sites excluding steroid dienone is 2. The maximum absolute atomic E-state index is 13.1. The third-order valence-electron chi connectivity index (χ3n) is 6.91. The molecule has 0 N–H and O–H groups in total. The Hall–Kier alpha value is -4.16. The first-order valence-corrected chi connectivity index (χ1v) is 12.6. The summed E-state index contributed by atoms with van der Waals surface area (Å²) in [6.45, 7) is 4.54. The van der Waals surface area contributed by atoms with Gasteiger partial charge in [-0.25, -0.2) is 9.59 Å². The van der Waals surface area contributed by atoms with E-state index in [2.05, 4.69) is 0 Å². The molecule has 0 radical (unpaired) electrons. The monoisotopic (exact) mass is 511 g/mol. The number of methoxy groups -OCH3 is 2. The van der Waals surface area contributed by atoms with Crippen LogP contribution in [0.4, 0.5) is 0 Å². The summed E-state index contributed by atoms with van der Waals surface area (Å²) in [4.78, 5) is 28.2. The molecule has 4 rings (SSSR count). The maximum atomic E-state index is 13.1. The predicted octanol–water partition coefficient (Wildman–Crippen LogP) is 5.79. The zero-order chi connectivity index (χ0) is 27.1. The topological polar surface area (TPSA) is 65.1 Å². The molecule has 3 aromatic rings. The van der Waals surface area contributed by atoms with Crippen LogP contribution in [-0.4, -0.2) is 44.2 Å². The molecular formula is C32H33NO5. The smallest absolute Gasteiger partial charge is 0.336 e. The van der Waals surface area contributed by atoms with E-state index in [1.54, 1.807) is 0 Å². The second-order valence-corrected chi connectivity index (χ2v) is 9.05. The van der Waals surface area contributed by atoms with Gasteiger partial charge in [0.25, 0.3) is 0 Å². The van der Waals surface area contributed by atoms with Gasteiger partial charge in [0.2, 0.25) is 0 Å². The number of hydrogen-bond acceptors (Lipinski definition) is 6. The predicted molar refractivity (Wildman–Crippen MR) is 146 cm³/mol. The molecule has 3 aromatic carbocycles. The number of ether oxygens (including phenoxy) is 3. The van der Waals surface area contributed by atoms with E-state index in [1.165, 1.54) is 14.2 Å². The average molecular weight is 512 g/mol. The van der Waals surface area contributed by atoms with Crippen molar-refractivity contribution in [2.24, 2.45) is 0 Å². The molecule has 0 bridgehead atoms. The summed E-state index contributed by atoms with van der Waals surface area (Å²) in [6.07, 6.45) is -0.256. The van der Waals surface area contributed by atoms with Gasteiger partial charge in [0.1, 0.15) is 6.10 Å². The molecule has 6 nitrogen and oxygen atoms in total. The van der Waals surface area contributed by atoms with Crippen LogP contribution in [0, 0.1) is 0 Å². The molecule has 1 heterocycles. The molecular weight excluding hydrogens is 478 g/mol. The Balaban J connectivity index is 1.69. The lowest BCUT2D eigenvalue weighted by atomic mass is 9.79. The van der Waals surface area contributed by atoms with Gasteiger partial charge in [-0.05, 0) is 30.5 Å². The lowest BCUT2D eigenvalue weighted by Gasteiger charge is -2.38. The zero-order valence-corrected chi connectivity index (χ0v) is 22.2. The van der Waals surface area contributed by atoms with Crippen LogP contribution in [0.15, 0.2) is 114 Å². The van der Waals surface area contributed by atoms with Crippen molar-refractivity contribution in [3.05, 3.63) is 130 Å². The van der Waals surface area contributed by atoms with E-state index in [1.807, 2.05) is 110 Å². The lowest BCUT2D eigenvalue weighted by molar-refractivity contribution is -0.137. The van der Waals surface area contributed by atoms with Crippen molar-refractivity contribution in [3.63, 3.8) is 0 Å². The molecule has 1 aliphatic heterocycles. The van der Waals surface area contributed by atoms with E-state index < -0.39 is 17.9 Å². The van der Waals surface area contributed by atoms with Crippen LogP contribution in [0.2, 0.25) is 0 Å². The van der Waals surface area contributed by atoms with Gasteiger partial charge in [-0.2, -0.15) is 0 Å². The first kappa shape index (κ1) is 26.9. The normalized spacial score (nSPS) is 14.2. The molecule has 0 unspecified atom stereocenters. The first-order chi connectivity index (χ1) is 18.5. The fourth-order valence-corrected chi connectivity index (χ4v) is 5.07. The Bertz CT molecular complexity index is 1240. The van der Waals surface area contributed by atoms with E-state index in [0.717, 1.165) is 28.1 Å². The fraction of sp³-hybridized carbons (Fsp3) is 0.250. The number of esters is 2. The highest BCUT2D eigenvalue weighted by Gasteiger charge is 2.40. The van der Waals surface area contributed by atoms with Crippen LogP contribution in [0.3, 0.4) is 0 Å². The summed E-state index contributed by atoms with van der Waals surface area (Å²) < 4.78 is 16.8. The van der Waals surface area contributed by atoms with E-state index in [-0.39, 0.29) is 6.10 Å². The van der Waals surface area contributed by atoms with Gasteiger partial charge in [0, 0.05) is 17.9 Å². The Morgan fingerprint density at radius 2 is 1.13 bits per heavy atom. The molecule has 0 spiro atoms. The summed E-state index contributed by atoms with van der Waals surface area (Å²) in [7, 11) is 2.71. The largest absolute Gasteiger partial charge is 0.466 e. The molecule has 0 saturated carbocycles. The minimum Gasteiger partial charge on any atom is -0.466 e. The van der Waals surface area contributed by atoms with E-state index in [0.29, 0.717) is 24.3 Å². The Kier molecular flexibility index (Phi) is 8.77. The minimum absolute atomic E-state index is 0.256. The van der Waals surface area contributed by atoms with Gasteiger partial charge in [-0.3, -0.25) is 0 Å². The summed E-state index contributed by atoms with van der Waals surface area (Å²) in [5, 5.41) is 0. The molecule has 0 saturated heterocycles. The molecule has 1 aliphatic rings. The van der Waals surface area contributed by atoms with Crippen LogP contribution in [-0.2, 0) is 23.8 Å². The van der Waals surface area contributed by atoms with Crippen LogP contribution >= 0.6 is 0 Å². The highest BCUT2D eigenvalue weighted by atomic mass is 16.5. The molecule has 6 heteroatoms. The first-order valence-electron chi connectivity index (χ1n) is 12.6. The molecule has 0 aromatic heterocycles. The lowest BCUT2D eigenvalue weighted by Crippen LogP contribution is -2.36. The van der Waals surface area contributed by atoms with Gasteiger partial charge in [-0.15, -0.1) is 0 Å². The van der Waals surface area contributed by atoms with Crippen molar-refractivity contribution in [2.45, 2.75) is 25.9 Å². The van der Waals surface area contributed by atoms with Crippen LogP contribution in [0.5, 0.6) is 0 Å².